The molecule has 1 N–H and O–H groups in total. The fraction of sp³-hybridized carbons (Fsp3) is 0.700. The third-order valence-corrected chi connectivity index (χ3v) is 7.75. The van der Waals surface area contributed by atoms with E-state index in [4.69, 9.17) is 9.84 Å². The SMILES string of the molecule is CC/C=C\C/C=C\C/C=C\C/C=C\C/C=C\CCCCCCCC(=O)OC(CCCCCCCCCCC)CCCC(=O)O. The lowest BCUT2D eigenvalue weighted by Crippen LogP contribution is -2.18. The lowest BCUT2D eigenvalue weighted by molar-refractivity contribution is -0.150. The third kappa shape index (κ3) is 34.1. The predicted octanol–water partition coefficient (Wildman–Crippen LogP) is 12.6. The van der Waals surface area contributed by atoms with Gasteiger partial charge in [-0.05, 0) is 77.0 Å². The Morgan fingerprint density at radius 1 is 0.523 bits per heavy atom. The Morgan fingerprint density at radius 2 is 0.977 bits per heavy atom. The Morgan fingerprint density at radius 3 is 1.52 bits per heavy atom. The molecule has 0 heterocycles. The highest BCUT2D eigenvalue weighted by atomic mass is 16.5. The summed E-state index contributed by atoms with van der Waals surface area (Å²) in [7, 11) is 0. The molecule has 0 saturated carbocycles. The summed E-state index contributed by atoms with van der Waals surface area (Å²) in [6.07, 6.45) is 48.0. The smallest absolute Gasteiger partial charge is 0.306 e. The fourth-order valence-corrected chi connectivity index (χ4v) is 5.10. The zero-order valence-electron chi connectivity index (χ0n) is 28.7. The van der Waals surface area contributed by atoms with Gasteiger partial charge in [-0.1, -0.05) is 145 Å². The number of aliphatic carboxylic acids is 1. The van der Waals surface area contributed by atoms with Crippen LogP contribution < -0.4 is 0 Å². The molecule has 252 valence electrons. The molecule has 0 rings (SSSR count). The van der Waals surface area contributed by atoms with Crippen LogP contribution in [0.3, 0.4) is 0 Å². The Labute approximate surface area is 272 Å². The minimum atomic E-state index is -0.778. The van der Waals surface area contributed by atoms with Crippen LogP contribution in [0.15, 0.2) is 60.8 Å². The van der Waals surface area contributed by atoms with E-state index in [0.717, 1.165) is 70.6 Å². The van der Waals surface area contributed by atoms with Crippen molar-refractivity contribution in [1.29, 1.82) is 0 Å². The minimum absolute atomic E-state index is 0.111. The van der Waals surface area contributed by atoms with E-state index in [1.54, 1.807) is 0 Å². The van der Waals surface area contributed by atoms with Crippen molar-refractivity contribution in [2.24, 2.45) is 0 Å². The molecule has 0 aromatic carbocycles. The first-order chi connectivity index (χ1) is 21.6. The number of rotatable bonds is 32. The van der Waals surface area contributed by atoms with Gasteiger partial charge in [0.25, 0.3) is 0 Å². The monoisotopic (exact) mass is 613 g/mol. The van der Waals surface area contributed by atoms with Crippen LogP contribution in [0.1, 0.15) is 174 Å². The molecule has 0 spiro atoms. The van der Waals surface area contributed by atoms with Crippen molar-refractivity contribution in [2.45, 2.75) is 180 Å². The van der Waals surface area contributed by atoms with Gasteiger partial charge in [0.1, 0.15) is 6.10 Å². The van der Waals surface area contributed by atoms with E-state index >= 15 is 0 Å². The average Bonchev–Trinajstić information content (AvgIpc) is 3.00. The van der Waals surface area contributed by atoms with E-state index in [2.05, 4.69) is 74.6 Å². The van der Waals surface area contributed by atoms with Crippen LogP contribution in [-0.2, 0) is 14.3 Å². The van der Waals surface area contributed by atoms with Crippen molar-refractivity contribution in [3.05, 3.63) is 60.8 Å². The first-order valence-corrected chi connectivity index (χ1v) is 18.3. The molecule has 0 aromatic heterocycles. The molecule has 0 bridgehead atoms. The minimum Gasteiger partial charge on any atom is -0.481 e. The second-order valence-electron chi connectivity index (χ2n) is 12.0. The quantitative estimate of drug-likeness (QED) is 0.0466. The highest BCUT2D eigenvalue weighted by Gasteiger charge is 2.15. The number of hydrogen-bond donors (Lipinski definition) is 1. The van der Waals surface area contributed by atoms with Crippen LogP contribution in [-0.4, -0.2) is 23.1 Å². The number of esters is 1. The second kappa shape index (κ2) is 35.1. The van der Waals surface area contributed by atoms with E-state index in [0.29, 0.717) is 19.3 Å². The van der Waals surface area contributed by atoms with Gasteiger partial charge < -0.3 is 9.84 Å². The lowest BCUT2D eigenvalue weighted by Gasteiger charge is -2.18. The lowest BCUT2D eigenvalue weighted by atomic mass is 10.0. The summed E-state index contributed by atoms with van der Waals surface area (Å²) in [4.78, 5) is 23.4. The molecular weight excluding hydrogens is 544 g/mol. The van der Waals surface area contributed by atoms with Crippen molar-refractivity contribution in [3.8, 4) is 0 Å². The fourth-order valence-electron chi connectivity index (χ4n) is 5.10. The normalized spacial score (nSPS) is 13.0. The molecule has 4 nitrogen and oxygen atoms in total. The molecule has 0 aliphatic rings. The molecule has 0 aromatic rings. The van der Waals surface area contributed by atoms with E-state index < -0.39 is 5.97 Å². The van der Waals surface area contributed by atoms with Crippen LogP contribution in [0.2, 0.25) is 0 Å². The maximum absolute atomic E-state index is 12.5. The highest BCUT2D eigenvalue weighted by molar-refractivity contribution is 5.69. The zero-order valence-corrected chi connectivity index (χ0v) is 28.7. The maximum atomic E-state index is 12.5. The Balaban J connectivity index is 3.85. The maximum Gasteiger partial charge on any atom is 0.306 e. The predicted molar refractivity (Wildman–Crippen MR) is 190 cm³/mol. The van der Waals surface area contributed by atoms with Gasteiger partial charge in [0, 0.05) is 12.8 Å². The number of allylic oxidation sites excluding steroid dienone is 10. The summed E-state index contributed by atoms with van der Waals surface area (Å²) in [5.74, 6) is -0.889. The standard InChI is InChI=1S/C40H68O4/c1-3-5-7-9-11-13-14-15-16-17-18-19-20-21-22-23-24-26-28-30-32-37-40(43)44-38(35-33-36-39(41)42)34-31-29-27-25-12-10-8-6-4-2/h5,7,11,13,15-16,18-19,21-22,38H,3-4,6,8-10,12,14,17,20,23-37H2,1-2H3,(H,41,42)/b7-5-,13-11-,16-15-,19-18-,22-21-. The molecule has 1 unspecified atom stereocenters. The molecule has 0 aliphatic carbocycles. The van der Waals surface area contributed by atoms with Gasteiger partial charge in [-0.3, -0.25) is 9.59 Å². The Hall–Kier alpha value is -2.36. The van der Waals surface area contributed by atoms with Crippen LogP contribution in [0, 0.1) is 0 Å². The molecule has 0 radical (unpaired) electrons. The first kappa shape index (κ1) is 41.6. The molecule has 0 fully saturated rings. The van der Waals surface area contributed by atoms with Gasteiger partial charge in [-0.2, -0.15) is 0 Å². The number of carbonyl (C=O) groups excluding carboxylic acids is 1. The number of unbranched alkanes of at least 4 members (excludes halogenated alkanes) is 13. The van der Waals surface area contributed by atoms with Gasteiger partial charge in [-0.15, -0.1) is 0 Å². The highest BCUT2D eigenvalue weighted by Crippen LogP contribution is 2.17. The van der Waals surface area contributed by atoms with Crippen molar-refractivity contribution in [1.82, 2.24) is 0 Å². The summed E-state index contributed by atoms with van der Waals surface area (Å²) in [5.41, 5.74) is 0. The van der Waals surface area contributed by atoms with Crippen LogP contribution in [0.5, 0.6) is 0 Å². The van der Waals surface area contributed by atoms with E-state index in [-0.39, 0.29) is 18.5 Å². The first-order valence-electron chi connectivity index (χ1n) is 18.3. The van der Waals surface area contributed by atoms with Gasteiger partial charge in [0.15, 0.2) is 0 Å². The number of carbonyl (C=O) groups is 2. The van der Waals surface area contributed by atoms with Crippen molar-refractivity contribution >= 4 is 11.9 Å². The number of ether oxygens (including phenoxy) is 1. The van der Waals surface area contributed by atoms with E-state index in [9.17, 15) is 9.59 Å². The summed E-state index contributed by atoms with van der Waals surface area (Å²) in [5, 5.41) is 8.98. The molecule has 0 amide bonds. The topological polar surface area (TPSA) is 63.6 Å². The largest absolute Gasteiger partial charge is 0.481 e. The number of hydrogen-bond acceptors (Lipinski definition) is 3. The summed E-state index contributed by atoms with van der Waals surface area (Å²) in [6.45, 7) is 4.40. The summed E-state index contributed by atoms with van der Waals surface area (Å²) >= 11 is 0. The third-order valence-electron chi connectivity index (χ3n) is 7.75. The average molecular weight is 613 g/mol. The Bertz CT molecular complexity index is 789. The van der Waals surface area contributed by atoms with Gasteiger partial charge in [0.05, 0.1) is 0 Å². The van der Waals surface area contributed by atoms with Crippen molar-refractivity contribution in [2.75, 3.05) is 0 Å². The zero-order chi connectivity index (χ0) is 32.2. The van der Waals surface area contributed by atoms with Crippen LogP contribution in [0.25, 0.3) is 0 Å². The van der Waals surface area contributed by atoms with Gasteiger partial charge >= 0.3 is 11.9 Å². The number of carboxylic acid groups (broad SMARTS) is 1. The van der Waals surface area contributed by atoms with Crippen LogP contribution in [0.4, 0.5) is 0 Å². The molecule has 0 saturated heterocycles. The molecular formula is C40H68O4. The van der Waals surface area contributed by atoms with Crippen molar-refractivity contribution in [3.63, 3.8) is 0 Å². The van der Waals surface area contributed by atoms with E-state index in [1.807, 2.05) is 0 Å². The number of carboxylic acids is 1. The van der Waals surface area contributed by atoms with E-state index in [1.165, 1.54) is 64.2 Å². The Kier molecular flexibility index (Phi) is 33.2. The van der Waals surface area contributed by atoms with Crippen LogP contribution >= 0.6 is 0 Å². The van der Waals surface area contributed by atoms with Crippen molar-refractivity contribution < 1.29 is 19.4 Å². The molecule has 1 atom stereocenters. The second-order valence-corrected chi connectivity index (χ2v) is 12.0. The summed E-state index contributed by atoms with van der Waals surface area (Å²) < 4.78 is 5.79. The molecule has 0 aliphatic heterocycles. The molecule has 44 heavy (non-hydrogen) atoms. The van der Waals surface area contributed by atoms with Gasteiger partial charge in [0.2, 0.25) is 0 Å². The molecule has 4 heteroatoms. The summed E-state index contributed by atoms with van der Waals surface area (Å²) in [6, 6.07) is 0. The van der Waals surface area contributed by atoms with Gasteiger partial charge in [-0.25, -0.2) is 0 Å².